The number of carbonyl (C=O) groups is 1. The van der Waals surface area contributed by atoms with Gasteiger partial charge in [0, 0.05) is 12.2 Å². The molecule has 0 rings (SSSR count). The fourth-order valence-corrected chi connectivity index (χ4v) is 0.158. The molecule has 0 aromatic carbocycles. The van der Waals surface area contributed by atoms with Gasteiger partial charge >= 0.3 is 5.97 Å². The lowest BCUT2D eigenvalue weighted by Gasteiger charge is -1.79. The number of aliphatic hydroxyl groups is 1. The monoisotopic (exact) mass is 160 g/mol. The summed E-state index contributed by atoms with van der Waals surface area (Å²) in [6.45, 7) is 7.00. The Balaban J connectivity index is 0. The highest BCUT2D eigenvalue weighted by molar-refractivity contribution is 5.84. The SMILES string of the molecule is C=C(C)C(=O)O.CCCCO. The van der Waals surface area contributed by atoms with Crippen molar-refractivity contribution >= 4 is 5.97 Å². The van der Waals surface area contributed by atoms with E-state index in [-0.39, 0.29) is 5.57 Å². The van der Waals surface area contributed by atoms with Crippen LogP contribution in [0, 0.1) is 0 Å². The Labute approximate surface area is 67.4 Å². The maximum atomic E-state index is 9.60. The first kappa shape index (κ1) is 12.8. The standard InChI is InChI=1S/C4H6O2.C4H10O/c1-3(2)4(5)6;1-2-3-4-5/h1H2,2H3,(H,5,6);5H,2-4H2,1H3. The summed E-state index contributed by atoms with van der Waals surface area (Å²) in [7, 11) is 0. The lowest BCUT2D eigenvalue weighted by Crippen LogP contribution is -1.92. The number of carboxylic acid groups (broad SMARTS) is 1. The van der Waals surface area contributed by atoms with Crippen LogP contribution in [0.4, 0.5) is 0 Å². The molecule has 11 heavy (non-hydrogen) atoms. The van der Waals surface area contributed by atoms with Gasteiger partial charge in [-0.3, -0.25) is 0 Å². The van der Waals surface area contributed by atoms with Gasteiger partial charge in [-0.15, -0.1) is 0 Å². The van der Waals surface area contributed by atoms with E-state index >= 15 is 0 Å². The van der Waals surface area contributed by atoms with Gasteiger partial charge in [-0.2, -0.15) is 0 Å². The molecule has 0 bridgehead atoms. The second-order valence-electron chi connectivity index (χ2n) is 2.16. The van der Waals surface area contributed by atoms with E-state index in [0.717, 1.165) is 12.8 Å². The summed E-state index contributed by atoms with van der Waals surface area (Å²) in [5, 5.41) is 16.0. The molecule has 2 N–H and O–H groups in total. The van der Waals surface area contributed by atoms with Crippen LogP contribution in [0.2, 0.25) is 0 Å². The molecule has 0 aromatic heterocycles. The van der Waals surface area contributed by atoms with E-state index < -0.39 is 5.97 Å². The van der Waals surface area contributed by atoms with Crippen LogP contribution in [0.1, 0.15) is 26.7 Å². The second kappa shape index (κ2) is 9.17. The predicted molar refractivity (Wildman–Crippen MR) is 44.4 cm³/mol. The Morgan fingerprint density at radius 1 is 1.55 bits per heavy atom. The average molecular weight is 160 g/mol. The van der Waals surface area contributed by atoms with E-state index in [4.69, 9.17) is 10.2 Å². The summed E-state index contributed by atoms with van der Waals surface area (Å²) in [6.07, 6.45) is 2.04. The van der Waals surface area contributed by atoms with E-state index in [1.807, 2.05) is 0 Å². The van der Waals surface area contributed by atoms with Crippen LogP contribution in [0.15, 0.2) is 12.2 Å². The first-order valence-electron chi connectivity index (χ1n) is 3.55. The fourth-order valence-electron chi connectivity index (χ4n) is 0.158. The molecule has 0 heterocycles. The van der Waals surface area contributed by atoms with Crippen molar-refractivity contribution in [3.05, 3.63) is 12.2 Å². The molecule has 3 heteroatoms. The van der Waals surface area contributed by atoms with Crippen molar-refractivity contribution < 1.29 is 15.0 Å². The van der Waals surface area contributed by atoms with Crippen molar-refractivity contribution in [1.82, 2.24) is 0 Å². The first-order valence-corrected chi connectivity index (χ1v) is 3.55. The van der Waals surface area contributed by atoms with E-state index in [2.05, 4.69) is 13.5 Å². The third kappa shape index (κ3) is 17.6. The van der Waals surface area contributed by atoms with Crippen molar-refractivity contribution in [1.29, 1.82) is 0 Å². The molecule has 0 unspecified atom stereocenters. The average Bonchev–Trinajstić information content (AvgIpc) is 1.90. The number of rotatable bonds is 3. The summed E-state index contributed by atoms with van der Waals surface area (Å²) >= 11 is 0. The summed E-state index contributed by atoms with van der Waals surface area (Å²) in [5.74, 6) is -0.935. The number of carboxylic acids is 1. The Morgan fingerprint density at radius 3 is 1.91 bits per heavy atom. The van der Waals surface area contributed by atoms with Gasteiger partial charge in [-0.05, 0) is 13.3 Å². The number of hydrogen-bond donors (Lipinski definition) is 2. The molecule has 0 fully saturated rings. The number of aliphatic carboxylic acids is 1. The molecule has 0 aliphatic heterocycles. The largest absolute Gasteiger partial charge is 0.478 e. The number of aliphatic hydroxyl groups excluding tert-OH is 1. The van der Waals surface area contributed by atoms with Gasteiger partial charge in [-0.25, -0.2) is 4.79 Å². The van der Waals surface area contributed by atoms with Crippen LogP contribution in [0.5, 0.6) is 0 Å². The van der Waals surface area contributed by atoms with Gasteiger partial charge < -0.3 is 10.2 Å². The van der Waals surface area contributed by atoms with Crippen molar-refractivity contribution in [2.24, 2.45) is 0 Å². The molecule has 0 aliphatic carbocycles. The molecule has 0 spiro atoms. The maximum absolute atomic E-state index is 9.60. The second-order valence-corrected chi connectivity index (χ2v) is 2.16. The van der Waals surface area contributed by atoms with E-state index in [1.54, 1.807) is 0 Å². The molecule has 0 amide bonds. The normalized spacial score (nSPS) is 7.91. The molecule has 0 atom stereocenters. The molecule has 0 saturated carbocycles. The third-order valence-electron chi connectivity index (χ3n) is 0.877. The van der Waals surface area contributed by atoms with E-state index in [0.29, 0.717) is 6.61 Å². The Bertz CT molecular complexity index is 105. The van der Waals surface area contributed by atoms with E-state index in [9.17, 15) is 4.79 Å². The highest BCUT2D eigenvalue weighted by atomic mass is 16.4. The summed E-state index contributed by atoms with van der Waals surface area (Å²) in [5.41, 5.74) is 0.176. The predicted octanol–water partition coefficient (Wildman–Crippen LogP) is 1.43. The number of unbranched alkanes of at least 4 members (excludes halogenated alkanes) is 1. The smallest absolute Gasteiger partial charge is 0.330 e. The van der Waals surface area contributed by atoms with Crippen molar-refractivity contribution in [2.45, 2.75) is 26.7 Å². The van der Waals surface area contributed by atoms with Crippen LogP contribution < -0.4 is 0 Å². The van der Waals surface area contributed by atoms with Crippen molar-refractivity contribution in [3.8, 4) is 0 Å². The molecular formula is C8H16O3. The van der Waals surface area contributed by atoms with Crippen LogP contribution in [0.3, 0.4) is 0 Å². The lowest BCUT2D eigenvalue weighted by atomic mass is 10.4. The maximum Gasteiger partial charge on any atom is 0.330 e. The number of hydrogen-bond acceptors (Lipinski definition) is 2. The molecule has 3 nitrogen and oxygen atoms in total. The van der Waals surface area contributed by atoms with Gasteiger partial charge in [-0.1, -0.05) is 19.9 Å². The Kier molecular flexibility index (Phi) is 10.7. The highest BCUT2D eigenvalue weighted by Crippen LogP contribution is 1.81. The molecule has 0 radical (unpaired) electrons. The molecule has 0 saturated heterocycles. The van der Waals surface area contributed by atoms with Crippen LogP contribution >= 0.6 is 0 Å². The minimum atomic E-state index is -0.935. The topological polar surface area (TPSA) is 57.5 Å². The zero-order chi connectivity index (χ0) is 9.28. The summed E-state index contributed by atoms with van der Waals surface area (Å²) < 4.78 is 0. The van der Waals surface area contributed by atoms with Crippen LogP contribution in [0.25, 0.3) is 0 Å². The lowest BCUT2D eigenvalue weighted by molar-refractivity contribution is -0.132. The zero-order valence-corrected chi connectivity index (χ0v) is 7.13. The van der Waals surface area contributed by atoms with Gasteiger partial charge in [0.15, 0.2) is 0 Å². The Hall–Kier alpha value is -0.830. The minimum absolute atomic E-state index is 0.176. The minimum Gasteiger partial charge on any atom is -0.478 e. The quantitative estimate of drug-likeness (QED) is 0.614. The molecule has 0 aliphatic rings. The molecule has 0 aromatic rings. The Morgan fingerprint density at radius 2 is 1.91 bits per heavy atom. The molecular weight excluding hydrogens is 144 g/mol. The van der Waals surface area contributed by atoms with Crippen LogP contribution in [-0.4, -0.2) is 22.8 Å². The van der Waals surface area contributed by atoms with E-state index in [1.165, 1.54) is 6.92 Å². The zero-order valence-electron chi connectivity index (χ0n) is 7.13. The highest BCUT2D eigenvalue weighted by Gasteiger charge is 1.90. The van der Waals surface area contributed by atoms with Gasteiger partial charge in [0.1, 0.15) is 0 Å². The van der Waals surface area contributed by atoms with Gasteiger partial charge in [0.2, 0.25) is 0 Å². The van der Waals surface area contributed by atoms with Crippen molar-refractivity contribution in [3.63, 3.8) is 0 Å². The third-order valence-corrected chi connectivity index (χ3v) is 0.877. The van der Waals surface area contributed by atoms with Crippen LogP contribution in [-0.2, 0) is 4.79 Å². The van der Waals surface area contributed by atoms with Crippen molar-refractivity contribution in [2.75, 3.05) is 6.61 Å². The van der Waals surface area contributed by atoms with Gasteiger partial charge in [0.05, 0.1) is 0 Å². The first-order chi connectivity index (χ1) is 5.06. The summed E-state index contributed by atoms with van der Waals surface area (Å²) in [6, 6.07) is 0. The van der Waals surface area contributed by atoms with Gasteiger partial charge in [0.25, 0.3) is 0 Å². The summed E-state index contributed by atoms with van der Waals surface area (Å²) in [4.78, 5) is 9.60. The fraction of sp³-hybridized carbons (Fsp3) is 0.625. The molecule has 66 valence electrons.